The second-order valence-corrected chi connectivity index (χ2v) is 7.62. The summed E-state index contributed by atoms with van der Waals surface area (Å²) >= 11 is 0. The van der Waals surface area contributed by atoms with Gasteiger partial charge in [0.15, 0.2) is 0 Å². The minimum Gasteiger partial charge on any atom is -0.367 e. The number of nitrogens with one attached hydrogen (secondary N) is 2. The maximum Gasteiger partial charge on any atom is 0.313 e. The first-order chi connectivity index (χ1) is 15.3. The van der Waals surface area contributed by atoms with E-state index in [4.69, 9.17) is 0 Å². The number of halogens is 1. The molecule has 1 aliphatic heterocycles. The van der Waals surface area contributed by atoms with Crippen LogP contribution in [0, 0.1) is 22.9 Å². The Balaban J connectivity index is 1.38. The van der Waals surface area contributed by atoms with Gasteiger partial charge in [-0.25, -0.2) is 4.39 Å². The number of nitrogens with zero attached hydrogens (tertiary/aromatic N) is 3. The molecule has 2 aromatic rings. The van der Waals surface area contributed by atoms with Crippen LogP contribution >= 0.6 is 0 Å². The van der Waals surface area contributed by atoms with Gasteiger partial charge in [0.1, 0.15) is 11.5 Å². The van der Waals surface area contributed by atoms with Crippen LogP contribution in [0.3, 0.4) is 0 Å². The van der Waals surface area contributed by atoms with Crippen molar-refractivity contribution >= 4 is 28.9 Å². The molecule has 0 aliphatic carbocycles. The summed E-state index contributed by atoms with van der Waals surface area (Å²) in [5, 5.41) is 16.0. The molecule has 2 amide bonds. The van der Waals surface area contributed by atoms with E-state index in [2.05, 4.69) is 15.5 Å². The summed E-state index contributed by atoms with van der Waals surface area (Å²) in [6.45, 7) is 5.72. The van der Waals surface area contributed by atoms with Crippen molar-refractivity contribution in [1.29, 1.82) is 0 Å². The number of carbonyl (C=O) groups excluding carboxylic acids is 2. The van der Waals surface area contributed by atoms with Crippen molar-refractivity contribution < 1.29 is 18.9 Å². The van der Waals surface area contributed by atoms with Gasteiger partial charge in [0.25, 0.3) is 5.69 Å². The van der Waals surface area contributed by atoms with Crippen molar-refractivity contribution in [3.05, 3.63) is 64.0 Å². The first-order valence-electron chi connectivity index (χ1n) is 10.4. The zero-order chi connectivity index (χ0) is 23.1. The Hall–Kier alpha value is -3.53. The average molecular weight is 443 g/mol. The first-order valence-corrected chi connectivity index (χ1v) is 10.4. The van der Waals surface area contributed by atoms with E-state index in [0.29, 0.717) is 37.3 Å². The summed E-state index contributed by atoms with van der Waals surface area (Å²) in [4.78, 5) is 38.9. The van der Waals surface area contributed by atoms with Crippen molar-refractivity contribution in [1.82, 2.24) is 10.2 Å². The third kappa shape index (κ3) is 6.01. The Labute approximate surface area is 185 Å². The number of hydrogen-bond donors (Lipinski definition) is 2. The smallest absolute Gasteiger partial charge is 0.313 e. The molecule has 2 aromatic carbocycles. The fourth-order valence-electron chi connectivity index (χ4n) is 3.58. The Kier molecular flexibility index (Phi) is 7.72. The lowest BCUT2D eigenvalue weighted by molar-refractivity contribution is -0.384. The van der Waals surface area contributed by atoms with Gasteiger partial charge in [-0.1, -0.05) is 18.2 Å². The summed E-state index contributed by atoms with van der Waals surface area (Å²) in [6.07, 6.45) is 0.642. The number of piperazine rings is 1. The van der Waals surface area contributed by atoms with E-state index >= 15 is 0 Å². The number of carbonyl (C=O) groups is 2. The summed E-state index contributed by atoms with van der Waals surface area (Å²) in [5.41, 5.74) is 1.00. The number of rotatable bonds is 7. The molecule has 0 bridgehead atoms. The molecule has 3 rings (SSSR count). The number of hydrogen-bond acceptors (Lipinski definition) is 6. The number of anilines is 2. The summed E-state index contributed by atoms with van der Waals surface area (Å²) in [6, 6.07) is 11.1. The van der Waals surface area contributed by atoms with Crippen LogP contribution in [0.2, 0.25) is 0 Å². The maximum absolute atomic E-state index is 13.9. The van der Waals surface area contributed by atoms with Gasteiger partial charge in [-0.2, -0.15) is 0 Å². The Morgan fingerprint density at radius 1 is 1.09 bits per heavy atom. The highest BCUT2D eigenvalue weighted by molar-refractivity contribution is 6.39. The van der Waals surface area contributed by atoms with Crippen LogP contribution in [0.1, 0.15) is 12.0 Å². The van der Waals surface area contributed by atoms with E-state index in [9.17, 15) is 24.1 Å². The molecular weight excluding hydrogens is 417 g/mol. The Morgan fingerprint density at radius 3 is 2.50 bits per heavy atom. The molecule has 0 aromatic heterocycles. The highest BCUT2D eigenvalue weighted by Gasteiger charge is 2.21. The van der Waals surface area contributed by atoms with Gasteiger partial charge in [0.05, 0.1) is 10.6 Å². The van der Waals surface area contributed by atoms with Crippen molar-refractivity contribution in [3.63, 3.8) is 0 Å². The Bertz CT molecular complexity index is 992. The molecule has 32 heavy (non-hydrogen) atoms. The predicted molar refractivity (Wildman–Crippen MR) is 119 cm³/mol. The van der Waals surface area contributed by atoms with Crippen LogP contribution in [0.4, 0.5) is 21.5 Å². The van der Waals surface area contributed by atoms with Gasteiger partial charge in [-0.15, -0.1) is 0 Å². The van der Waals surface area contributed by atoms with Crippen molar-refractivity contribution in [3.8, 4) is 0 Å². The van der Waals surface area contributed by atoms with Gasteiger partial charge in [-0.3, -0.25) is 24.6 Å². The summed E-state index contributed by atoms with van der Waals surface area (Å²) < 4.78 is 13.9. The lowest BCUT2D eigenvalue weighted by atomic mass is 10.2. The molecule has 0 atom stereocenters. The number of aryl methyl sites for hydroxylation is 1. The number of amides is 2. The molecule has 170 valence electrons. The zero-order valence-electron chi connectivity index (χ0n) is 17.8. The second kappa shape index (κ2) is 10.7. The molecule has 1 saturated heterocycles. The van der Waals surface area contributed by atoms with E-state index in [1.807, 2.05) is 11.0 Å². The van der Waals surface area contributed by atoms with E-state index in [1.54, 1.807) is 25.1 Å². The summed E-state index contributed by atoms with van der Waals surface area (Å²) in [5.74, 6) is -2.02. The van der Waals surface area contributed by atoms with E-state index in [-0.39, 0.29) is 17.2 Å². The van der Waals surface area contributed by atoms with Crippen molar-refractivity contribution in [2.45, 2.75) is 13.3 Å². The predicted octanol–water partition coefficient (Wildman–Crippen LogP) is 2.31. The molecule has 0 saturated carbocycles. The lowest BCUT2D eigenvalue weighted by Crippen LogP contribution is -2.47. The van der Waals surface area contributed by atoms with Crippen molar-refractivity contribution in [2.75, 3.05) is 49.5 Å². The van der Waals surface area contributed by atoms with Crippen LogP contribution in [-0.2, 0) is 9.59 Å². The van der Waals surface area contributed by atoms with Crippen LogP contribution in [0.25, 0.3) is 0 Å². The average Bonchev–Trinajstić information content (AvgIpc) is 2.78. The lowest BCUT2D eigenvalue weighted by Gasteiger charge is -2.36. The number of para-hydroxylation sites is 1. The molecule has 1 heterocycles. The second-order valence-electron chi connectivity index (χ2n) is 7.62. The first kappa shape index (κ1) is 23.1. The van der Waals surface area contributed by atoms with E-state index in [0.717, 1.165) is 19.6 Å². The molecule has 1 aliphatic rings. The SMILES string of the molecule is Cc1ccc(NC(=O)C(=O)NCCCN2CCN(c3ccccc3F)CC2)c([N+](=O)[O-])c1. The summed E-state index contributed by atoms with van der Waals surface area (Å²) in [7, 11) is 0. The van der Waals surface area contributed by atoms with Crippen molar-refractivity contribution in [2.24, 2.45) is 0 Å². The van der Waals surface area contributed by atoms with E-state index in [1.165, 1.54) is 18.2 Å². The van der Waals surface area contributed by atoms with Gasteiger partial charge < -0.3 is 15.5 Å². The largest absolute Gasteiger partial charge is 0.367 e. The van der Waals surface area contributed by atoms with Crippen LogP contribution in [0.15, 0.2) is 42.5 Å². The molecular formula is C22H26FN5O4. The molecule has 0 radical (unpaired) electrons. The number of nitro benzene ring substituents is 1. The molecule has 1 fully saturated rings. The van der Waals surface area contributed by atoms with Crippen LogP contribution in [0.5, 0.6) is 0 Å². The molecule has 0 unspecified atom stereocenters. The Morgan fingerprint density at radius 2 is 1.81 bits per heavy atom. The van der Waals surface area contributed by atoms with Gasteiger partial charge in [-0.05, 0) is 43.7 Å². The normalized spacial score (nSPS) is 14.1. The third-order valence-corrected chi connectivity index (χ3v) is 5.31. The van der Waals surface area contributed by atoms with Gasteiger partial charge in [0.2, 0.25) is 0 Å². The molecule has 10 heteroatoms. The monoisotopic (exact) mass is 443 g/mol. The highest BCUT2D eigenvalue weighted by Crippen LogP contribution is 2.25. The minimum atomic E-state index is -0.949. The van der Waals surface area contributed by atoms with Gasteiger partial charge in [0, 0.05) is 38.8 Å². The molecule has 9 nitrogen and oxygen atoms in total. The fraction of sp³-hybridized carbons (Fsp3) is 0.364. The fourth-order valence-corrected chi connectivity index (χ4v) is 3.58. The maximum atomic E-state index is 13.9. The number of benzene rings is 2. The zero-order valence-corrected chi connectivity index (χ0v) is 17.8. The third-order valence-electron chi connectivity index (χ3n) is 5.31. The number of nitro groups is 1. The van der Waals surface area contributed by atoms with Gasteiger partial charge >= 0.3 is 11.8 Å². The topological polar surface area (TPSA) is 108 Å². The molecule has 2 N–H and O–H groups in total. The molecule has 0 spiro atoms. The van der Waals surface area contributed by atoms with Crippen LogP contribution in [-0.4, -0.2) is 60.9 Å². The minimum absolute atomic E-state index is 0.0199. The van der Waals surface area contributed by atoms with Crippen LogP contribution < -0.4 is 15.5 Å². The van der Waals surface area contributed by atoms with E-state index < -0.39 is 16.7 Å². The standard InChI is InChI=1S/C22H26FN5O4/c1-16-7-8-18(20(15-16)28(31)32)25-22(30)21(29)24-9-4-10-26-11-13-27(14-12-26)19-6-3-2-5-17(19)23/h2-3,5-8,15H,4,9-14H2,1H3,(H,24,29)(H,25,30). The highest BCUT2D eigenvalue weighted by atomic mass is 19.1. The quantitative estimate of drug-likeness (QED) is 0.294.